The maximum absolute atomic E-state index is 6.03. The van der Waals surface area contributed by atoms with E-state index in [1.54, 1.807) is 0 Å². The van der Waals surface area contributed by atoms with Crippen molar-refractivity contribution in [2.45, 2.75) is 41.5 Å². The maximum atomic E-state index is 6.03. The number of hydrogen-bond acceptors (Lipinski definition) is 3. The normalized spacial score (nSPS) is 14.3. The molecular weight excluding hydrogens is 251 g/mol. The van der Waals surface area contributed by atoms with Crippen molar-refractivity contribution in [2.75, 3.05) is 13.2 Å². The van der Waals surface area contributed by atoms with Gasteiger partial charge in [0.15, 0.2) is 0 Å². The van der Waals surface area contributed by atoms with E-state index in [2.05, 4.69) is 41.5 Å². The van der Waals surface area contributed by atoms with Crippen molar-refractivity contribution >= 4 is 28.9 Å². The Balaban J connectivity index is 4.04. The zero-order valence-electron chi connectivity index (χ0n) is 10.5. The minimum atomic E-state index is -2.58. The van der Waals surface area contributed by atoms with E-state index in [9.17, 15) is 0 Å². The van der Waals surface area contributed by atoms with Crippen LogP contribution in [0.15, 0.2) is 0 Å². The van der Waals surface area contributed by atoms with Crippen molar-refractivity contribution in [3.63, 3.8) is 0 Å². The van der Waals surface area contributed by atoms with Gasteiger partial charge in [0.25, 0.3) is 5.84 Å². The first-order valence-electron chi connectivity index (χ1n) is 5.00. The molecule has 0 rings (SSSR count). The number of rotatable bonds is 4. The van der Waals surface area contributed by atoms with Crippen LogP contribution >= 0.6 is 17.1 Å². The predicted molar refractivity (Wildman–Crippen MR) is 71.0 cm³/mol. The van der Waals surface area contributed by atoms with Crippen molar-refractivity contribution < 1.29 is 9.05 Å². The molecule has 0 saturated heterocycles. The molecular formula is C10H22ClO2PS. The van der Waals surface area contributed by atoms with Crippen LogP contribution in [-0.2, 0) is 20.9 Å². The lowest BCUT2D eigenvalue weighted by Crippen LogP contribution is -2.16. The lowest BCUT2D eigenvalue weighted by molar-refractivity contribution is 0.155. The molecule has 0 aromatic rings. The zero-order valence-corrected chi connectivity index (χ0v) is 12.9. The van der Waals surface area contributed by atoms with Crippen LogP contribution < -0.4 is 0 Å². The van der Waals surface area contributed by atoms with E-state index < -0.39 is 5.84 Å². The second kappa shape index (κ2) is 5.46. The van der Waals surface area contributed by atoms with Gasteiger partial charge in [0.1, 0.15) is 0 Å². The Morgan fingerprint density at radius 2 is 1.20 bits per heavy atom. The third-order valence-corrected chi connectivity index (χ3v) is 3.40. The Morgan fingerprint density at radius 1 is 0.933 bits per heavy atom. The molecule has 0 amide bonds. The fourth-order valence-corrected chi connectivity index (χ4v) is 2.35. The molecule has 0 atom stereocenters. The van der Waals surface area contributed by atoms with Gasteiger partial charge in [0, 0.05) is 0 Å². The summed E-state index contributed by atoms with van der Waals surface area (Å²) in [5, 5.41) is 0. The molecule has 0 bridgehead atoms. The zero-order chi connectivity index (χ0) is 12.3. The van der Waals surface area contributed by atoms with Gasteiger partial charge < -0.3 is 9.05 Å². The van der Waals surface area contributed by atoms with Gasteiger partial charge in [0.05, 0.1) is 13.2 Å². The van der Waals surface area contributed by atoms with Crippen molar-refractivity contribution in [1.29, 1.82) is 0 Å². The lowest BCUT2D eigenvalue weighted by Gasteiger charge is -2.25. The Bertz CT molecular complexity index is 221. The van der Waals surface area contributed by atoms with Crippen LogP contribution in [0.3, 0.4) is 0 Å². The quantitative estimate of drug-likeness (QED) is 0.698. The molecule has 0 aliphatic heterocycles. The minimum Gasteiger partial charge on any atom is -0.317 e. The van der Waals surface area contributed by atoms with Gasteiger partial charge in [-0.25, -0.2) is 0 Å². The fourth-order valence-electron chi connectivity index (χ4n) is 0.579. The lowest BCUT2D eigenvalue weighted by atomic mass is 9.99. The smallest absolute Gasteiger partial charge is 0.281 e. The van der Waals surface area contributed by atoms with Crippen LogP contribution in [-0.4, -0.2) is 13.2 Å². The molecule has 0 fully saturated rings. The molecule has 0 aliphatic rings. The highest BCUT2D eigenvalue weighted by atomic mass is 35.7. The molecule has 0 N–H and O–H groups in total. The third kappa shape index (κ3) is 11.1. The first-order chi connectivity index (χ1) is 6.41. The molecule has 92 valence electrons. The average Bonchev–Trinajstić information content (AvgIpc) is 1.96. The van der Waals surface area contributed by atoms with Gasteiger partial charge in [0.2, 0.25) is 0 Å². The molecule has 0 saturated carbocycles. The van der Waals surface area contributed by atoms with E-state index in [4.69, 9.17) is 32.1 Å². The van der Waals surface area contributed by atoms with E-state index in [-0.39, 0.29) is 10.8 Å². The molecule has 0 aliphatic carbocycles. The first-order valence-corrected chi connectivity index (χ1v) is 8.54. The van der Waals surface area contributed by atoms with Crippen LogP contribution in [0.4, 0.5) is 0 Å². The maximum Gasteiger partial charge on any atom is 0.281 e. The van der Waals surface area contributed by atoms with Gasteiger partial charge in [-0.05, 0) is 33.9 Å². The summed E-state index contributed by atoms with van der Waals surface area (Å²) >= 11 is 11.1. The minimum absolute atomic E-state index is 0.0596. The highest BCUT2D eigenvalue weighted by molar-refractivity contribution is 8.22. The van der Waals surface area contributed by atoms with E-state index in [0.717, 1.165) is 0 Å². The summed E-state index contributed by atoms with van der Waals surface area (Å²) in [5.74, 6) is -2.58. The molecule has 15 heavy (non-hydrogen) atoms. The molecule has 2 nitrogen and oxygen atoms in total. The standard InChI is InChI=1S/C10H22ClO2PS/c1-9(2,3)7-12-14(11,15)13-8-10(4,5)6/h7-8H2,1-6H3. The second-order valence-corrected chi connectivity index (χ2v) is 10.9. The third-order valence-electron chi connectivity index (χ3n) is 1.30. The van der Waals surface area contributed by atoms with Gasteiger partial charge in [-0.1, -0.05) is 41.5 Å². The molecule has 0 radical (unpaired) electrons. The summed E-state index contributed by atoms with van der Waals surface area (Å²) in [6.07, 6.45) is 0. The van der Waals surface area contributed by atoms with Gasteiger partial charge >= 0.3 is 0 Å². The Morgan fingerprint density at radius 3 is 1.40 bits per heavy atom. The first kappa shape index (κ1) is 15.9. The van der Waals surface area contributed by atoms with Crippen LogP contribution in [0, 0.1) is 10.8 Å². The van der Waals surface area contributed by atoms with Gasteiger partial charge in [-0.15, -0.1) is 0 Å². The van der Waals surface area contributed by atoms with Crippen LogP contribution in [0.25, 0.3) is 0 Å². The largest absolute Gasteiger partial charge is 0.317 e. The van der Waals surface area contributed by atoms with Crippen molar-refractivity contribution in [1.82, 2.24) is 0 Å². The SMILES string of the molecule is CC(C)(C)COP(=S)(Cl)OCC(C)(C)C. The Labute approximate surface area is 104 Å². The highest BCUT2D eigenvalue weighted by Crippen LogP contribution is 2.55. The average molecular weight is 273 g/mol. The molecule has 0 aromatic carbocycles. The fraction of sp³-hybridized carbons (Fsp3) is 1.00. The summed E-state index contributed by atoms with van der Waals surface area (Å²) in [4.78, 5) is 0. The van der Waals surface area contributed by atoms with Gasteiger partial charge in [-0.3, -0.25) is 0 Å². The van der Waals surface area contributed by atoms with Crippen LogP contribution in [0.1, 0.15) is 41.5 Å². The summed E-state index contributed by atoms with van der Waals surface area (Å²) in [6, 6.07) is 0. The number of hydrogen-bond donors (Lipinski definition) is 0. The monoisotopic (exact) mass is 272 g/mol. The van der Waals surface area contributed by atoms with E-state index >= 15 is 0 Å². The Hall–Kier alpha value is 0.860. The molecule has 0 heterocycles. The molecule has 0 spiro atoms. The predicted octanol–water partition coefficient (Wildman–Crippen LogP) is 4.58. The van der Waals surface area contributed by atoms with Crippen LogP contribution in [0.5, 0.6) is 0 Å². The molecule has 0 aromatic heterocycles. The van der Waals surface area contributed by atoms with Crippen LogP contribution in [0.2, 0.25) is 0 Å². The summed E-state index contributed by atoms with van der Waals surface area (Å²) in [6.45, 7) is 13.5. The summed E-state index contributed by atoms with van der Waals surface area (Å²) in [7, 11) is 0. The highest BCUT2D eigenvalue weighted by Gasteiger charge is 2.22. The van der Waals surface area contributed by atoms with E-state index in [1.807, 2.05) is 0 Å². The van der Waals surface area contributed by atoms with Crippen molar-refractivity contribution in [2.24, 2.45) is 10.8 Å². The van der Waals surface area contributed by atoms with E-state index in [0.29, 0.717) is 13.2 Å². The van der Waals surface area contributed by atoms with E-state index in [1.165, 1.54) is 0 Å². The number of halogens is 1. The summed E-state index contributed by atoms with van der Waals surface area (Å²) in [5.41, 5.74) is 0.119. The van der Waals surface area contributed by atoms with Crippen molar-refractivity contribution in [3.05, 3.63) is 0 Å². The topological polar surface area (TPSA) is 18.5 Å². The Kier molecular flexibility index (Phi) is 5.78. The molecule has 5 heteroatoms. The second-order valence-electron chi connectivity index (χ2n) is 6.10. The summed E-state index contributed by atoms with van der Waals surface area (Å²) < 4.78 is 10.9. The molecule has 0 unspecified atom stereocenters. The van der Waals surface area contributed by atoms with Crippen molar-refractivity contribution in [3.8, 4) is 0 Å². The van der Waals surface area contributed by atoms with Gasteiger partial charge in [-0.2, -0.15) is 0 Å².